The van der Waals surface area contributed by atoms with Crippen LogP contribution >= 0.6 is 0 Å². The third kappa shape index (κ3) is 10.5. The molecule has 0 heterocycles. The average Bonchev–Trinajstić information content (AvgIpc) is 2.76. The van der Waals surface area contributed by atoms with Crippen molar-refractivity contribution in [3.63, 3.8) is 0 Å². The summed E-state index contributed by atoms with van der Waals surface area (Å²) >= 11 is 0. The van der Waals surface area contributed by atoms with Gasteiger partial charge in [0.1, 0.15) is 23.9 Å². The summed E-state index contributed by atoms with van der Waals surface area (Å²) in [5, 5.41) is 34.2. The fraction of sp³-hybridized carbons (Fsp3) is 0.429. The SMILES string of the molecule is CC(NC(=O)C(Cc1ccc(O)cc1)NC(=O)C(N)CC(N)=O)C(=O)NC(CCC(=O)O)C(=O)O. The molecule has 14 nitrogen and oxygen atoms in total. The minimum atomic E-state index is -1.49. The van der Waals surface area contributed by atoms with Crippen molar-refractivity contribution in [2.45, 2.75) is 56.8 Å². The van der Waals surface area contributed by atoms with Crippen molar-refractivity contribution in [1.29, 1.82) is 0 Å². The van der Waals surface area contributed by atoms with Gasteiger partial charge in [0.15, 0.2) is 0 Å². The summed E-state index contributed by atoms with van der Waals surface area (Å²) in [5.74, 6) is -6.10. The highest BCUT2D eigenvalue weighted by Crippen LogP contribution is 2.12. The molecule has 0 saturated heterocycles. The molecular weight excluding hydrogens is 466 g/mol. The van der Waals surface area contributed by atoms with Crippen molar-refractivity contribution in [3.8, 4) is 5.75 Å². The quantitative estimate of drug-likeness (QED) is 0.135. The summed E-state index contributed by atoms with van der Waals surface area (Å²) in [6.07, 6.45) is -1.41. The maximum atomic E-state index is 12.9. The number of aliphatic carboxylic acids is 2. The first-order chi connectivity index (χ1) is 16.3. The van der Waals surface area contributed by atoms with Crippen LogP contribution in [-0.2, 0) is 35.2 Å². The van der Waals surface area contributed by atoms with Crippen molar-refractivity contribution in [2.24, 2.45) is 11.5 Å². The third-order valence-electron chi connectivity index (χ3n) is 4.78. The molecule has 0 aliphatic rings. The zero-order chi connectivity index (χ0) is 26.7. The molecular formula is C21H29N5O9. The summed E-state index contributed by atoms with van der Waals surface area (Å²) in [4.78, 5) is 70.6. The van der Waals surface area contributed by atoms with E-state index in [-0.39, 0.29) is 18.6 Å². The Morgan fingerprint density at radius 1 is 0.886 bits per heavy atom. The molecule has 1 aromatic rings. The fourth-order valence-corrected chi connectivity index (χ4v) is 2.87. The lowest BCUT2D eigenvalue weighted by Gasteiger charge is -2.23. The molecule has 4 unspecified atom stereocenters. The van der Waals surface area contributed by atoms with Gasteiger partial charge in [0.25, 0.3) is 0 Å². The molecule has 0 fully saturated rings. The molecule has 14 heteroatoms. The number of primary amides is 1. The molecule has 0 saturated carbocycles. The number of rotatable bonds is 14. The lowest BCUT2D eigenvalue weighted by Crippen LogP contribution is -2.57. The molecule has 4 atom stereocenters. The van der Waals surface area contributed by atoms with Crippen molar-refractivity contribution in [3.05, 3.63) is 29.8 Å². The Kier molecular flexibility index (Phi) is 11.1. The number of carbonyl (C=O) groups is 6. The number of carboxylic acids is 2. The van der Waals surface area contributed by atoms with Gasteiger partial charge in [0.2, 0.25) is 23.6 Å². The van der Waals surface area contributed by atoms with E-state index in [9.17, 15) is 39.0 Å². The van der Waals surface area contributed by atoms with Crippen LogP contribution in [0.2, 0.25) is 0 Å². The predicted octanol–water partition coefficient (Wildman–Crippen LogP) is -2.44. The molecule has 35 heavy (non-hydrogen) atoms. The molecule has 0 bridgehead atoms. The zero-order valence-electron chi connectivity index (χ0n) is 18.9. The van der Waals surface area contributed by atoms with E-state index in [0.29, 0.717) is 5.56 Å². The number of phenolic OH excluding ortho intramolecular Hbond substituents is 1. The van der Waals surface area contributed by atoms with Crippen molar-refractivity contribution in [1.82, 2.24) is 16.0 Å². The van der Waals surface area contributed by atoms with E-state index >= 15 is 0 Å². The van der Waals surface area contributed by atoms with E-state index < -0.39 is 72.6 Å². The van der Waals surface area contributed by atoms with Crippen LogP contribution in [0.3, 0.4) is 0 Å². The first kappa shape index (κ1) is 28.8. The maximum Gasteiger partial charge on any atom is 0.326 e. The lowest BCUT2D eigenvalue weighted by atomic mass is 10.0. The Hall–Kier alpha value is -4.20. The van der Waals surface area contributed by atoms with Crippen LogP contribution in [0.25, 0.3) is 0 Å². The van der Waals surface area contributed by atoms with Gasteiger partial charge in [-0.15, -0.1) is 0 Å². The van der Waals surface area contributed by atoms with E-state index in [2.05, 4.69) is 16.0 Å². The molecule has 0 spiro atoms. The number of hydrogen-bond acceptors (Lipinski definition) is 8. The van der Waals surface area contributed by atoms with Crippen LogP contribution in [0.5, 0.6) is 5.75 Å². The summed E-state index contributed by atoms with van der Waals surface area (Å²) in [7, 11) is 0. The van der Waals surface area contributed by atoms with Crippen molar-refractivity contribution >= 4 is 35.6 Å². The van der Waals surface area contributed by atoms with Gasteiger partial charge >= 0.3 is 11.9 Å². The van der Waals surface area contributed by atoms with E-state index in [0.717, 1.165) is 0 Å². The second-order valence-electron chi connectivity index (χ2n) is 7.77. The second-order valence-corrected chi connectivity index (χ2v) is 7.77. The number of carbonyl (C=O) groups excluding carboxylic acids is 4. The molecule has 4 amide bonds. The number of hydrogen-bond donors (Lipinski definition) is 8. The predicted molar refractivity (Wildman–Crippen MR) is 120 cm³/mol. The minimum Gasteiger partial charge on any atom is -0.508 e. The van der Waals surface area contributed by atoms with Gasteiger partial charge in [-0.05, 0) is 31.0 Å². The summed E-state index contributed by atoms with van der Waals surface area (Å²) in [5.41, 5.74) is 11.2. The molecule has 1 aromatic carbocycles. The molecule has 192 valence electrons. The Bertz CT molecular complexity index is 951. The number of aromatic hydroxyl groups is 1. The summed E-state index contributed by atoms with van der Waals surface area (Å²) in [6.45, 7) is 1.27. The molecule has 0 aromatic heterocycles. The standard InChI is InChI=1S/C21H29N5O9/c1-10(18(31)25-14(21(34)35)6-7-17(29)30)24-20(33)15(8-11-2-4-12(27)5-3-11)26-19(32)13(22)9-16(23)28/h2-5,10,13-15,27H,6-9,22H2,1H3,(H2,23,28)(H,24,33)(H,25,31)(H,26,32)(H,29,30)(H,34,35). The number of carboxylic acid groups (broad SMARTS) is 2. The Labute approximate surface area is 200 Å². The third-order valence-corrected chi connectivity index (χ3v) is 4.78. The lowest BCUT2D eigenvalue weighted by molar-refractivity contribution is -0.143. The Morgan fingerprint density at radius 3 is 1.97 bits per heavy atom. The monoisotopic (exact) mass is 495 g/mol. The molecule has 0 radical (unpaired) electrons. The highest BCUT2D eigenvalue weighted by atomic mass is 16.4. The van der Waals surface area contributed by atoms with Crippen molar-refractivity contribution < 1.29 is 44.1 Å². The minimum absolute atomic E-state index is 0.0246. The van der Waals surface area contributed by atoms with Crippen LogP contribution < -0.4 is 27.4 Å². The maximum absolute atomic E-state index is 12.9. The van der Waals surface area contributed by atoms with Crippen molar-refractivity contribution in [2.75, 3.05) is 0 Å². The summed E-state index contributed by atoms with van der Waals surface area (Å²) < 4.78 is 0. The van der Waals surface area contributed by atoms with Gasteiger partial charge in [0.05, 0.1) is 12.5 Å². The second kappa shape index (κ2) is 13.5. The van der Waals surface area contributed by atoms with Crippen LogP contribution in [0, 0.1) is 0 Å². The van der Waals surface area contributed by atoms with Gasteiger partial charge in [-0.1, -0.05) is 12.1 Å². The Morgan fingerprint density at radius 2 is 1.46 bits per heavy atom. The smallest absolute Gasteiger partial charge is 0.326 e. The van der Waals surface area contributed by atoms with Gasteiger partial charge in [0, 0.05) is 12.8 Å². The van der Waals surface area contributed by atoms with E-state index in [1.54, 1.807) is 0 Å². The highest BCUT2D eigenvalue weighted by molar-refractivity contribution is 5.95. The van der Waals surface area contributed by atoms with Crippen LogP contribution in [-0.4, -0.2) is 75.1 Å². The molecule has 0 aliphatic carbocycles. The summed E-state index contributed by atoms with van der Waals surface area (Å²) in [6, 6.07) is 0.402. The number of amides is 4. The van der Waals surface area contributed by atoms with Gasteiger partial charge in [-0.2, -0.15) is 0 Å². The van der Waals surface area contributed by atoms with Gasteiger partial charge in [-0.25, -0.2) is 4.79 Å². The molecule has 10 N–H and O–H groups in total. The molecule has 1 rings (SSSR count). The first-order valence-electron chi connectivity index (χ1n) is 10.5. The van der Waals surface area contributed by atoms with Crippen LogP contribution in [0.15, 0.2) is 24.3 Å². The molecule has 0 aliphatic heterocycles. The topological polar surface area (TPSA) is 251 Å². The number of phenols is 1. The first-order valence-corrected chi connectivity index (χ1v) is 10.5. The van der Waals surface area contributed by atoms with Gasteiger partial charge in [-0.3, -0.25) is 24.0 Å². The van der Waals surface area contributed by atoms with Gasteiger partial charge < -0.3 is 42.7 Å². The number of nitrogens with one attached hydrogen (secondary N) is 3. The van der Waals surface area contributed by atoms with Crippen LogP contribution in [0.4, 0.5) is 0 Å². The number of benzene rings is 1. The van der Waals surface area contributed by atoms with E-state index in [4.69, 9.17) is 16.6 Å². The average molecular weight is 495 g/mol. The Balaban J connectivity index is 2.93. The zero-order valence-corrected chi connectivity index (χ0v) is 18.9. The highest BCUT2D eigenvalue weighted by Gasteiger charge is 2.29. The largest absolute Gasteiger partial charge is 0.508 e. The van der Waals surface area contributed by atoms with E-state index in [1.165, 1.54) is 31.2 Å². The fourth-order valence-electron chi connectivity index (χ4n) is 2.87. The van der Waals surface area contributed by atoms with E-state index in [1.807, 2.05) is 0 Å². The number of nitrogens with two attached hydrogens (primary N) is 2. The normalized spacial score (nSPS) is 14.0. The van der Waals surface area contributed by atoms with Crippen LogP contribution in [0.1, 0.15) is 31.7 Å².